The van der Waals surface area contributed by atoms with E-state index in [-0.39, 0.29) is 16.6 Å². The molecule has 0 radical (unpaired) electrons. The van der Waals surface area contributed by atoms with E-state index in [1.807, 2.05) is 0 Å². The molecular formula is C31H54O5S. The topological polar surface area (TPSA) is 80.7 Å². The summed E-state index contributed by atoms with van der Waals surface area (Å²) < 4.78 is 36.2. The zero-order valence-corrected chi connectivity index (χ0v) is 24.4. The highest BCUT2D eigenvalue weighted by atomic mass is 32.2. The van der Waals surface area contributed by atoms with Crippen molar-refractivity contribution in [2.45, 2.75) is 159 Å². The Morgan fingerprint density at radius 2 is 0.919 bits per heavy atom. The number of benzene rings is 1. The predicted octanol–water partition coefficient (Wildman–Crippen LogP) is 9.83. The molecule has 0 fully saturated rings. The lowest BCUT2D eigenvalue weighted by Crippen LogP contribution is -2.07. The van der Waals surface area contributed by atoms with E-state index in [0.717, 1.165) is 19.3 Å². The summed E-state index contributed by atoms with van der Waals surface area (Å²) >= 11 is 0. The minimum Gasteiger partial charge on any atom is -0.427 e. The van der Waals surface area contributed by atoms with Crippen LogP contribution in [-0.4, -0.2) is 18.9 Å². The molecule has 0 aliphatic heterocycles. The van der Waals surface area contributed by atoms with Gasteiger partial charge in [0, 0.05) is 6.42 Å². The van der Waals surface area contributed by atoms with Gasteiger partial charge >= 0.3 is 5.97 Å². The summed E-state index contributed by atoms with van der Waals surface area (Å²) in [7, 11) is -4.23. The second-order valence-corrected chi connectivity index (χ2v) is 12.0. The van der Waals surface area contributed by atoms with Gasteiger partial charge in [0.1, 0.15) is 5.75 Å². The third-order valence-electron chi connectivity index (χ3n) is 7.09. The monoisotopic (exact) mass is 538 g/mol. The van der Waals surface area contributed by atoms with E-state index in [0.29, 0.717) is 6.42 Å². The average Bonchev–Trinajstić information content (AvgIpc) is 2.87. The Morgan fingerprint density at radius 3 is 1.24 bits per heavy atom. The lowest BCUT2D eigenvalue weighted by atomic mass is 10.0. The standard InChI is InChI=1S/C31H54O5S/c1-2-3-4-5-6-7-8-9-10-11-12-13-14-15-16-17-18-19-20-21-22-23-24-31(32)36-29-25-27-30(28-26-29)37(33,34)35/h25-28H,2-24H2,1H3,(H,33,34,35). The zero-order chi connectivity index (χ0) is 27.0. The summed E-state index contributed by atoms with van der Waals surface area (Å²) in [6, 6.07) is 5.19. The summed E-state index contributed by atoms with van der Waals surface area (Å²) in [4.78, 5) is 11.7. The van der Waals surface area contributed by atoms with E-state index in [2.05, 4.69) is 6.92 Å². The van der Waals surface area contributed by atoms with Crippen LogP contribution < -0.4 is 4.74 Å². The van der Waals surface area contributed by atoms with Gasteiger partial charge in [-0.15, -0.1) is 0 Å². The number of ether oxygens (including phenoxy) is 1. The highest BCUT2D eigenvalue weighted by Gasteiger charge is 2.10. The Kier molecular flexibility index (Phi) is 20.5. The molecule has 1 N–H and O–H groups in total. The van der Waals surface area contributed by atoms with Crippen LogP contribution in [0.1, 0.15) is 155 Å². The van der Waals surface area contributed by atoms with Gasteiger partial charge in [0.05, 0.1) is 4.90 Å². The van der Waals surface area contributed by atoms with E-state index in [1.54, 1.807) is 0 Å². The fourth-order valence-electron chi connectivity index (χ4n) is 4.74. The summed E-state index contributed by atoms with van der Waals surface area (Å²) in [5.41, 5.74) is 0. The van der Waals surface area contributed by atoms with Crippen LogP contribution in [0.4, 0.5) is 0 Å². The molecule has 0 heterocycles. The fourth-order valence-corrected chi connectivity index (χ4v) is 5.22. The van der Waals surface area contributed by atoms with Crippen LogP contribution in [0.5, 0.6) is 5.75 Å². The number of rotatable bonds is 25. The van der Waals surface area contributed by atoms with Gasteiger partial charge in [0.2, 0.25) is 0 Å². The fraction of sp³-hybridized carbons (Fsp3) is 0.774. The van der Waals surface area contributed by atoms with Crippen LogP contribution in [0.2, 0.25) is 0 Å². The van der Waals surface area contributed by atoms with Crippen molar-refractivity contribution in [3.05, 3.63) is 24.3 Å². The van der Waals surface area contributed by atoms with Crippen molar-refractivity contribution in [1.29, 1.82) is 0 Å². The molecular weight excluding hydrogens is 484 g/mol. The van der Waals surface area contributed by atoms with Gasteiger partial charge in [-0.1, -0.05) is 142 Å². The molecule has 0 aromatic heterocycles. The van der Waals surface area contributed by atoms with Crippen LogP contribution in [0.3, 0.4) is 0 Å². The first-order chi connectivity index (χ1) is 17.9. The van der Waals surface area contributed by atoms with Gasteiger partial charge in [-0.25, -0.2) is 0 Å². The summed E-state index contributed by atoms with van der Waals surface area (Å²) in [5.74, 6) is -0.0241. The Balaban J connectivity index is 1.80. The molecule has 6 heteroatoms. The lowest BCUT2D eigenvalue weighted by Gasteiger charge is -2.05. The molecule has 0 saturated heterocycles. The molecule has 1 rings (SSSR count). The van der Waals surface area contributed by atoms with E-state index >= 15 is 0 Å². The van der Waals surface area contributed by atoms with Gasteiger partial charge in [0.15, 0.2) is 0 Å². The van der Waals surface area contributed by atoms with Gasteiger partial charge in [-0.3, -0.25) is 9.35 Å². The van der Waals surface area contributed by atoms with Crippen molar-refractivity contribution in [2.24, 2.45) is 0 Å². The quantitative estimate of drug-likeness (QED) is 0.0580. The van der Waals surface area contributed by atoms with Crippen molar-refractivity contribution < 1.29 is 22.5 Å². The molecule has 1 aromatic carbocycles. The van der Waals surface area contributed by atoms with Crippen molar-refractivity contribution in [3.63, 3.8) is 0 Å². The molecule has 0 amide bonds. The molecule has 0 unspecified atom stereocenters. The van der Waals surface area contributed by atoms with Gasteiger partial charge in [0.25, 0.3) is 10.1 Å². The van der Waals surface area contributed by atoms with Crippen LogP contribution in [-0.2, 0) is 14.9 Å². The molecule has 5 nitrogen and oxygen atoms in total. The maximum absolute atomic E-state index is 11.9. The molecule has 0 aliphatic carbocycles. The molecule has 0 atom stereocenters. The molecule has 0 saturated carbocycles. The van der Waals surface area contributed by atoms with Gasteiger partial charge < -0.3 is 4.74 Å². The summed E-state index contributed by atoms with van der Waals surface area (Å²) in [6.07, 6.45) is 29.8. The summed E-state index contributed by atoms with van der Waals surface area (Å²) in [6.45, 7) is 2.28. The van der Waals surface area contributed by atoms with E-state index in [4.69, 9.17) is 9.29 Å². The van der Waals surface area contributed by atoms with Crippen LogP contribution in [0.25, 0.3) is 0 Å². The highest BCUT2D eigenvalue weighted by molar-refractivity contribution is 7.85. The first-order valence-corrected chi connectivity index (χ1v) is 16.7. The SMILES string of the molecule is CCCCCCCCCCCCCCCCCCCCCCCCC(=O)Oc1ccc(S(=O)(=O)O)cc1. The second kappa shape index (κ2) is 22.6. The number of hydrogen-bond donors (Lipinski definition) is 1. The van der Waals surface area contributed by atoms with Crippen LogP contribution in [0, 0.1) is 0 Å². The smallest absolute Gasteiger partial charge is 0.311 e. The largest absolute Gasteiger partial charge is 0.427 e. The Hall–Kier alpha value is -1.40. The average molecular weight is 539 g/mol. The van der Waals surface area contributed by atoms with Gasteiger partial charge in [-0.2, -0.15) is 8.42 Å². The molecule has 0 spiro atoms. The summed E-state index contributed by atoms with van der Waals surface area (Å²) in [5, 5.41) is 0. The zero-order valence-electron chi connectivity index (χ0n) is 23.6. The van der Waals surface area contributed by atoms with Gasteiger partial charge in [-0.05, 0) is 30.7 Å². The van der Waals surface area contributed by atoms with Crippen LogP contribution >= 0.6 is 0 Å². The maximum atomic E-state index is 11.9. The molecule has 214 valence electrons. The number of hydrogen-bond acceptors (Lipinski definition) is 4. The van der Waals surface area contributed by atoms with E-state index in [1.165, 1.54) is 146 Å². The van der Waals surface area contributed by atoms with Crippen molar-refractivity contribution in [1.82, 2.24) is 0 Å². The molecule has 37 heavy (non-hydrogen) atoms. The first-order valence-electron chi connectivity index (χ1n) is 15.2. The Morgan fingerprint density at radius 1 is 0.595 bits per heavy atom. The number of carbonyl (C=O) groups is 1. The van der Waals surface area contributed by atoms with E-state index < -0.39 is 10.1 Å². The van der Waals surface area contributed by atoms with E-state index in [9.17, 15) is 13.2 Å². The third kappa shape index (κ3) is 20.3. The van der Waals surface area contributed by atoms with Crippen molar-refractivity contribution in [2.75, 3.05) is 0 Å². The minimum atomic E-state index is -4.23. The maximum Gasteiger partial charge on any atom is 0.311 e. The Labute approximate surface area is 227 Å². The highest BCUT2D eigenvalue weighted by Crippen LogP contribution is 2.18. The number of esters is 1. The Bertz CT molecular complexity index is 773. The normalized spacial score (nSPS) is 11.6. The number of carbonyl (C=O) groups excluding carboxylic acids is 1. The molecule has 0 aliphatic rings. The van der Waals surface area contributed by atoms with Crippen molar-refractivity contribution >= 4 is 16.1 Å². The van der Waals surface area contributed by atoms with Crippen LogP contribution in [0.15, 0.2) is 29.2 Å². The molecule has 0 bridgehead atoms. The molecule has 1 aromatic rings. The number of unbranched alkanes of at least 4 members (excludes halogenated alkanes) is 21. The minimum absolute atomic E-state index is 0.216. The third-order valence-corrected chi connectivity index (χ3v) is 7.96. The lowest BCUT2D eigenvalue weighted by molar-refractivity contribution is -0.134. The first kappa shape index (κ1) is 33.6. The predicted molar refractivity (Wildman–Crippen MR) is 154 cm³/mol. The van der Waals surface area contributed by atoms with Crippen molar-refractivity contribution in [3.8, 4) is 5.75 Å². The second-order valence-electron chi connectivity index (χ2n) is 10.6.